The maximum atomic E-state index is 13.9. The second-order valence-electron chi connectivity index (χ2n) is 11.8. The number of fused-ring (bicyclic) bond motifs is 1. The lowest BCUT2D eigenvalue weighted by Gasteiger charge is -2.34. The molecule has 0 aliphatic carbocycles. The quantitative estimate of drug-likeness (QED) is 0.307. The molecule has 2 amide bonds. The van der Waals surface area contributed by atoms with Crippen LogP contribution in [0.15, 0.2) is 89.7 Å². The summed E-state index contributed by atoms with van der Waals surface area (Å²) in [7, 11) is 0. The molecular weight excluding hydrogens is 510 g/mol. The number of carbonyl (C=O) groups excluding carboxylic acids is 1. The fourth-order valence-corrected chi connectivity index (χ4v) is 6.73. The number of piperidine rings is 1. The zero-order valence-electron chi connectivity index (χ0n) is 24.0. The molecule has 1 unspecified atom stereocenters. The van der Waals surface area contributed by atoms with Crippen molar-refractivity contribution in [3.63, 3.8) is 0 Å². The normalized spacial score (nSPS) is 17.4. The third-order valence-electron chi connectivity index (χ3n) is 8.78. The number of nitrogens with one attached hydrogen (secondary N) is 1. The number of rotatable bonds is 8. The Balaban J connectivity index is 1.16. The summed E-state index contributed by atoms with van der Waals surface area (Å²) in [6.45, 7) is 7.59. The Labute approximate surface area is 242 Å². The van der Waals surface area contributed by atoms with Crippen LogP contribution in [0, 0.1) is 5.92 Å². The van der Waals surface area contributed by atoms with Crippen molar-refractivity contribution >= 4 is 17.1 Å². The lowest BCUT2D eigenvalue weighted by molar-refractivity contribution is 0.169. The summed E-state index contributed by atoms with van der Waals surface area (Å²) < 4.78 is 3.99. The molecule has 0 saturated carbocycles. The van der Waals surface area contributed by atoms with E-state index in [4.69, 9.17) is 0 Å². The van der Waals surface area contributed by atoms with Crippen molar-refractivity contribution in [3.8, 4) is 0 Å². The smallest absolute Gasteiger partial charge is 0.327 e. The van der Waals surface area contributed by atoms with Crippen LogP contribution in [0.4, 0.5) is 4.79 Å². The maximum Gasteiger partial charge on any atom is 0.329 e. The molecule has 1 N–H and O–H groups in total. The van der Waals surface area contributed by atoms with Crippen molar-refractivity contribution in [2.24, 2.45) is 5.92 Å². The number of urea groups is 1. The van der Waals surface area contributed by atoms with E-state index in [9.17, 15) is 9.59 Å². The van der Waals surface area contributed by atoms with Crippen LogP contribution in [0.2, 0.25) is 0 Å². The molecule has 1 atom stereocenters. The summed E-state index contributed by atoms with van der Waals surface area (Å²) in [6.07, 6.45) is 4.07. The van der Waals surface area contributed by atoms with Gasteiger partial charge in [-0.15, -0.1) is 0 Å². The molecular formula is C34H41N5O2. The van der Waals surface area contributed by atoms with Crippen LogP contribution in [0.5, 0.6) is 0 Å². The molecule has 6 rings (SSSR count). The number of hydrogen-bond acceptors (Lipinski definition) is 3. The molecule has 1 aromatic heterocycles. The molecule has 7 heteroatoms. The number of amides is 2. The Hall–Kier alpha value is -3.84. The van der Waals surface area contributed by atoms with Gasteiger partial charge in [-0.05, 0) is 68.0 Å². The van der Waals surface area contributed by atoms with Crippen LogP contribution in [-0.4, -0.2) is 57.7 Å². The summed E-state index contributed by atoms with van der Waals surface area (Å²) in [5.41, 5.74) is 4.21. The summed E-state index contributed by atoms with van der Waals surface area (Å²) in [5.74, 6) is 0.401. The third-order valence-corrected chi connectivity index (χ3v) is 8.78. The number of benzene rings is 3. The van der Waals surface area contributed by atoms with E-state index in [1.54, 1.807) is 0 Å². The Morgan fingerprint density at radius 2 is 1.34 bits per heavy atom. The predicted octanol–water partition coefficient (Wildman–Crippen LogP) is 5.67. The van der Waals surface area contributed by atoms with Gasteiger partial charge in [0.05, 0.1) is 17.1 Å². The number of likely N-dealkylation sites (tertiary alicyclic amines) is 2. The average Bonchev–Trinajstić information content (AvgIpc) is 3.62. The monoisotopic (exact) mass is 551 g/mol. The molecule has 3 aromatic carbocycles. The topological polar surface area (TPSA) is 62.5 Å². The highest BCUT2D eigenvalue weighted by Gasteiger charge is 2.29. The van der Waals surface area contributed by atoms with Gasteiger partial charge >= 0.3 is 11.7 Å². The molecule has 2 aliphatic heterocycles. The highest BCUT2D eigenvalue weighted by atomic mass is 16.2. The van der Waals surface area contributed by atoms with E-state index >= 15 is 0 Å². The second-order valence-corrected chi connectivity index (χ2v) is 11.8. The van der Waals surface area contributed by atoms with E-state index in [0.29, 0.717) is 19.0 Å². The largest absolute Gasteiger partial charge is 0.329 e. The van der Waals surface area contributed by atoms with E-state index < -0.39 is 0 Å². The van der Waals surface area contributed by atoms with Crippen molar-refractivity contribution in [3.05, 3.63) is 107 Å². The van der Waals surface area contributed by atoms with Crippen molar-refractivity contribution in [2.45, 2.75) is 51.2 Å². The fourth-order valence-electron chi connectivity index (χ4n) is 6.73. The van der Waals surface area contributed by atoms with Crippen LogP contribution in [0.1, 0.15) is 55.8 Å². The third kappa shape index (κ3) is 5.96. The minimum absolute atomic E-state index is 0.0633. The van der Waals surface area contributed by atoms with Gasteiger partial charge in [0, 0.05) is 32.2 Å². The molecule has 41 heavy (non-hydrogen) atoms. The molecule has 3 heterocycles. The molecule has 0 spiro atoms. The van der Waals surface area contributed by atoms with E-state index in [-0.39, 0.29) is 23.8 Å². The first kappa shape index (κ1) is 27.3. The van der Waals surface area contributed by atoms with Crippen molar-refractivity contribution in [2.75, 3.05) is 32.7 Å². The number of para-hydroxylation sites is 2. The molecule has 2 aliphatic rings. The fraction of sp³-hybridized carbons (Fsp3) is 0.412. The van der Waals surface area contributed by atoms with Gasteiger partial charge in [-0.3, -0.25) is 9.13 Å². The van der Waals surface area contributed by atoms with Gasteiger partial charge in [-0.1, -0.05) is 79.7 Å². The number of carbonyl (C=O) groups is 1. The number of hydrogen-bond donors (Lipinski definition) is 1. The Morgan fingerprint density at radius 3 is 1.95 bits per heavy atom. The number of nitrogens with zero attached hydrogens (tertiary/aromatic N) is 4. The van der Waals surface area contributed by atoms with E-state index in [0.717, 1.165) is 48.1 Å². The minimum Gasteiger partial charge on any atom is -0.327 e. The Bertz CT molecular complexity index is 1460. The highest BCUT2D eigenvalue weighted by molar-refractivity contribution is 5.77. The lowest BCUT2D eigenvalue weighted by Crippen LogP contribution is -2.46. The van der Waals surface area contributed by atoms with Gasteiger partial charge in [-0.25, -0.2) is 9.59 Å². The summed E-state index contributed by atoms with van der Waals surface area (Å²) in [4.78, 5) is 31.8. The van der Waals surface area contributed by atoms with Crippen LogP contribution in [0.25, 0.3) is 11.0 Å². The standard InChI is InChI=1S/C34H41N5O2/c1-26(24-36-20-10-11-21-36)25-38-30-16-8-9-17-31(30)39(34(38)41)29-18-22-37(23-19-29)33(40)35-32(27-12-4-2-5-13-27)28-14-6-3-7-15-28/h2-9,12-17,26,29,32H,10-11,18-25H2,1H3,(H,35,40). The van der Waals surface area contributed by atoms with E-state index in [2.05, 4.69) is 53.5 Å². The molecule has 2 fully saturated rings. The molecule has 2 saturated heterocycles. The number of aromatic nitrogens is 2. The molecule has 0 radical (unpaired) electrons. The van der Waals surface area contributed by atoms with Crippen LogP contribution in [0.3, 0.4) is 0 Å². The number of imidazole rings is 1. The van der Waals surface area contributed by atoms with Gasteiger partial charge in [0.1, 0.15) is 0 Å². The average molecular weight is 552 g/mol. The maximum absolute atomic E-state index is 13.9. The van der Waals surface area contributed by atoms with Crippen molar-refractivity contribution in [1.29, 1.82) is 0 Å². The second kappa shape index (κ2) is 12.4. The molecule has 214 valence electrons. The Kier molecular flexibility index (Phi) is 8.23. The highest BCUT2D eigenvalue weighted by Crippen LogP contribution is 2.28. The van der Waals surface area contributed by atoms with E-state index in [1.807, 2.05) is 62.6 Å². The van der Waals surface area contributed by atoms with Crippen LogP contribution in [-0.2, 0) is 6.54 Å². The van der Waals surface area contributed by atoms with Crippen molar-refractivity contribution in [1.82, 2.24) is 24.3 Å². The van der Waals surface area contributed by atoms with Crippen LogP contribution < -0.4 is 11.0 Å². The van der Waals surface area contributed by atoms with Gasteiger partial charge in [0.15, 0.2) is 0 Å². The van der Waals surface area contributed by atoms with Gasteiger partial charge in [-0.2, -0.15) is 0 Å². The zero-order valence-corrected chi connectivity index (χ0v) is 24.0. The minimum atomic E-state index is -0.217. The first-order chi connectivity index (χ1) is 20.1. The SMILES string of the molecule is CC(CN1CCCC1)Cn1c(=O)n(C2CCN(C(=O)NC(c3ccccc3)c3ccccc3)CC2)c2ccccc21. The lowest BCUT2D eigenvalue weighted by atomic mass is 9.99. The molecule has 4 aromatic rings. The predicted molar refractivity (Wildman–Crippen MR) is 164 cm³/mol. The zero-order chi connectivity index (χ0) is 28.2. The Morgan fingerprint density at radius 1 is 0.780 bits per heavy atom. The van der Waals surface area contributed by atoms with Gasteiger partial charge in [0.25, 0.3) is 0 Å². The van der Waals surface area contributed by atoms with E-state index in [1.165, 1.54) is 25.9 Å². The first-order valence-corrected chi connectivity index (χ1v) is 15.2. The first-order valence-electron chi connectivity index (χ1n) is 15.2. The van der Waals surface area contributed by atoms with Gasteiger partial charge < -0.3 is 15.1 Å². The van der Waals surface area contributed by atoms with Crippen LogP contribution >= 0.6 is 0 Å². The van der Waals surface area contributed by atoms with Gasteiger partial charge in [0.2, 0.25) is 0 Å². The molecule has 7 nitrogen and oxygen atoms in total. The summed E-state index contributed by atoms with van der Waals surface area (Å²) >= 11 is 0. The summed E-state index contributed by atoms with van der Waals surface area (Å²) in [5, 5.41) is 3.28. The van der Waals surface area contributed by atoms with Crippen molar-refractivity contribution < 1.29 is 4.79 Å². The summed E-state index contributed by atoms with van der Waals surface area (Å²) in [6, 6.07) is 28.2. The molecule has 0 bridgehead atoms.